The maximum absolute atomic E-state index is 12.4. The molecule has 3 rings (SSSR count). The second-order valence-corrected chi connectivity index (χ2v) is 8.87. The number of hydrogen-bond acceptors (Lipinski definition) is 6. The van der Waals surface area contributed by atoms with Crippen molar-refractivity contribution in [3.05, 3.63) is 23.9 Å². The van der Waals surface area contributed by atoms with Gasteiger partial charge in [0, 0.05) is 31.5 Å². The van der Waals surface area contributed by atoms with E-state index in [1.165, 1.54) is 6.42 Å². The molecule has 1 aromatic heterocycles. The molecule has 0 saturated carbocycles. The van der Waals surface area contributed by atoms with Crippen molar-refractivity contribution in [1.82, 2.24) is 9.71 Å². The first-order valence-electron chi connectivity index (χ1n) is 8.80. The lowest BCUT2D eigenvalue weighted by Crippen LogP contribution is -2.42. The van der Waals surface area contributed by atoms with Crippen molar-refractivity contribution in [3.8, 4) is 0 Å². The predicted molar refractivity (Wildman–Crippen MR) is 95.1 cm³/mol. The van der Waals surface area contributed by atoms with Crippen molar-refractivity contribution in [1.29, 1.82) is 0 Å². The van der Waals surface area contributed by atoms with Crippen molar-refractivity contribution in [3.63, 3.8) is 0 Å². The standard InChI is InChI=1S/C17H25N3O4S/c1-13-4-2-8-20(11-13)16-10-14(6-7-18-16)17(21)19-25(22,23)15-5-3-9-24-12-15/h6-7,10,13,15H,2-5,8-9,11-12H2,1H3,(H,19,21). The molecule has 2 saturated heterocycles. The number of anilines is 1. The maximum Gasteiger partial charge on any atom is 0.264 e. The molecule has 1 N–H and O–H groups in total. The van der Waals surface area contributed by atoms with Gasteiger partial charge in [-0.3, -0.25) is 4.79 Å². The van der Waals surface area contributed by atoms with Crippen LogP contribution in [0.1, 0.15) is 43.0 Å². The van der Waals surface area contributed by atoms with Gasteiger partial charge in [-0.15, -0.1) is 0 Å². The third kappa shape index (κ3) is 4.49. The van der Waals surface area contributed by atoms with Crippen LogP contribution in [0.3, 0.4) is 0 Å². The Morgan fingerprint density at radius 3 is 2.92 bits per heavy atom. The van der Waals surface area contributed by atoms with Gasteiger partial charge in [0.25, 0.3) is 5.91 Å². The number of pyridine rings is 1. The fourth-order valence-corrected chi connectivity index (χ4v) is 4.65. The summed E-state index contributed by atoms with van der Waals surface area (Å²) < 4.78 is 32.1. The number of rotatable bonds is 4. The molecule has 0 aromatic carbocycles. The maximum atomic E-state index is 12.4. The molecule has 2 aliphatic heterocycles. The number of hydrogen-bond donors (Lipinski definition) is 1. The predicted octanol–water partition coefficient (Wildman–Crippen LogP) is 1.56. The van der Waals surface area contributed by atoms with Crippen molar-refractivity contribution >= 4 is 21.7 Å². The first-order valence-corrected chi connectivity index (χ1v) is 10.3. The Kier molecular flexibility index (Phi) is 5.58. The molecule has 2 unspecified atom stereocenters. The van der Waals surface area contributed by atoms with E-state index in [1.807, 2.05) is 0 Å². The van der Waals surface area contributed by atoms with E-state index >= 15 is 0 Å². The molecule has 3 heterocycles. The molecule has 2 atom stereocenters. The molecule has 25 heavy (non-hydrogen) atoms. The van der Waals surface area contributed by atoms with Gasteiger partial charge in [-0.25, -0.2) is 18.1 Å². The van der Waals surface area contributed by atoms with Crippen molar-refractivity contribution in [2.45, 2.75) is 37.9 Å². The zero-order chi connectivity index (χ0) is 17.9. The van der Waals surface area contributed by atoms with E-state index in [-0.39, 0.29) is 6.61 Å². The van der Waals surface area contributed by atoms with Gasteiger partial charge < -0.3 is 9.64 Å². The average molecular weight is 367 g/mol. The smallest absolute Gasteiger partial charge is 0.264 e. The molecular formula is C17H25N3O4S. The van der Waals surface area contributed by atoms with Gasteiger partial charge in [-0.1, -0.05) is 6.92 Å². The number of nitrogens with zero attached hydrogens (tertiary/aromatic N) is 2. The summed E-state index contributed by atoms with van der Waals surface area (Å²) in [4.78, 5) is 18.9. The van der Waals surface area contributed by atoms with Crippen molar-refractivity contribution in [2.24, 2.45) is 5.92 Å². The van der Waals surface area contributed by atoms with Crippen LogP contribution in [0, 0.1) is 5.92 Å². The average Bonchev–Trinajstić information content (AvgIpc) is 2.62. The Balaban J connectivity index is 1.70. The van der Waals surface area contributed by atoms with Gasteiger partial charge >= 0.3 is 0 Å². The van der Waals surface area contributed by atoms with E-state index in [4.69, 9.17) is 4.74 Å². The van der Waals surface area contributed by atoms with Crippen LogP contribution in [0.25, 0.3) is 0 Å². The Hall–Kier alpha value is -1.67. The van der Waals surface area contributed by atoms with Crippen molar-refractivity contribution in [2.75, 3.05) is 31.2 Å². The molecule has 0 radical (unpaired) electrons. The zero-order valence-corrected chi connectivity index (χ0v) is 15.3. The highest BCUT2D eigenvalue weighted by Gasteiger charge is 2.30. The second-order valence-electron chi connectivity index (χ2n) is 6.91. The molecule has 138 valence electrons. The molecule has 2 fully saturated rings. The highest BCUT2D eigenvalue weighted by atomic mass is 32.2. The number of nitrogens with one attached hydrogen (secondary N) is 1. The highest BCUT2D eigenvalue weighted by molar-refractivity contribution is 7.90. The number of carbonyl (C=O) groups excluding carboxylic acids is 1. The van der Waals surface area contributed by atoms with Crippen molar-refractivity contribution < 1.29 is 17.9 Å². The molecule has 7 nitrogen and oxygen atoms in total. The van der Waals surface area contributed by atoms with Gasteiger partial charge in [0.15, 0.2) is 0 Å². The largest absolute Gasteiger partial charge is 0.380 e. The number of carbonyl (C=O) groups is 1. The van der Waals surface area contributed by atoms with E-state index in [2.05, 4.69) is 21.5 Å². The molecule has 8 heteroatoms. The van der Waals surface area contributed by atoms with Crippen LogP contribution in [-0.4, -0.2) is 50.9 Å². The van der Waals surface area contributed by atoms with Crippen LogP contribution in [0.5, 0.6) is 0 Å². The van der Waals surface area contributed by atoms with E-state index in [1.54, 1.807) is 18.3 Å². The summed E-state index contributed by atoms with van der Waals surface area (Å²) in [5.41, 5.74) is 0.309. The lowest BCUT2D eigenvalue weighted by Gasteiger charge is -2.32. The summed E-state index contributed by atoms with van der Waals surface area (Å²) in [6.45, 7) is 4.70. The summed E-state index contributed by atoms with van der Waals surface area (Å²) >= 11 is 0. The number of piperidine rings is 1. The van der Waals surface area contributed by atoms with Gasteiger partial charge in [0.05, 0.1) is 6.61 Å². The van der Waals surface area contributed by atoms with Crippen LogP contribution in [0.4, 0.5) is 5.82 Å². The summed E-state index contributed by atoms with van der Waals surface area (Å²) in [6, 6.07) is 3.21. The van der Waals surface area contributed by atoms with E-state index in [0.29, 0.717) is 30.9 Å². The fraction of sp³-hybridized carbons (Fsp3) is 0.647. The van der Waals surface area contributed by atoms with Gasteiger partial charge in [-0.05, 0) is 43.7 Å². The van der Waals surface area contributed by atoms with E-state index < -0.39 is 21.2 Å². The Morgan fingerprint density at radius 2 is 2.20 bits per heavy atom. The van der Waals surface area contributed by atoms with Crippen LogP contribution in [-0.2, 0) is 14.8 Å². The minimum Gasteiger partial charge on any atom is -0.380 e. The van der Waals surface area contributed by atoms with E-state index in [9.17, 15) is 13.2 Å². The quantitative estimate of drug-likeness (QED) is 0.869. The topological polar surface area (TPSA) is 88.6 Å². The normalized spacial score (nSPS) is 24.8. The first-order chi connectivity index (χ1) is 12.0. The Bertz CT molecular complexity index is 716. The fourth-order valence-electron chi connectivity index (χ4n) is 3.36. The minimum absolute atomic E-state index is 0.135. The number of amides is 1. The summed E-state index contributed by atoms with van der Waals surface area (Å²) in [6.07, 6.45) is 5.04. The summed E-state index contributed by atoms with van der Waals surface area (Å²) in [7, 11) is -3.74. The third-order valence-corrected chi connectivity index (χ3v) is 6.50. The van der Waals surface area contributed by atoms with Gasteiger partial charge in [-0.2, -0.15) is 0 Å². The minimum atomic E-state index is -3.74. The Morgan fingerprint density at radius 1 is 1.36 bits per heavy atom. The van der Waals surface area contributed by atoms with Crippen LogP contribution >= 0.6 is 0 Å². The number of ether oxygens (including phenoxy) is 1. The van der Waals surface area contributed by atoms with E-state index in [0.717, 1.165) is 25.3 Å². The number of sulfonamides is 1. The van der Waals surface area contributed by atoms with Gasteiger partial charge in [0.1, 0.15) is 11.1 Å². The Labute approximate surface area is 148 Å². The molecule has 2 aliphatic rings. The van der Waals surface area contributed by atoms with Gasteiger partial charge in [0.2, 0.25) is 10.0 Å². The molecular weight excluding hydrogens is 342 g/mol. The van der Waals surface area contributed by atoms with Crippen LogP contribution < -0.4 is 9.62 Å². The highest BCUT2D eigenvalue weighted by Crippen LogP contribution is 2.22. The monoisotopic (exact) mass is 367 g/mol. The summed E-state index contributed by atoms with van der Waals surface area (Å²) in [5, 5.41) is -0.672. The number of aromatic nitrogens is 1. The molecule has 1 amide bonds. The molecule has 0 aliphatic carbocycles. The lowest BCUT2D eigenvalue weighted by molar-refractivity contribution is 0.0953. The molecule has 0 spiro atoms. The van der Waals surface area contributed by atoms with Crippen LogP contribution in [0.2, 0.25) is 0 Å². The SMILES string of the molecule is CC1CCCN(c2cc(C(=O)NS(=O)(=O)C3CCCOC3)ccn2)C1. The van der Waals surface area contributed by atoms with Crippen LogP contribution in [0.15, 0.2) is 18.3 Å². The first kappa shape index (κ1) is 18.1. The lowest BCUT2D eigenvalue weighted by atomic mass is 10.0. The molecule has 1 aromatic rings. The zero-order valence-electron chi connectivity index (χ0n) is 14.5. The molecule has 0 bridgehead atoms. The second kappa shape index (κ2) is 7.70. The summed E-state index contributed by atoms with van der Waals surface area (Å²) in [5.74, 6) is 0.691. The third-order valence-electron chi connectivity index (χ3n) is 4.78.